The SMILES string of the molecule is O=S(=O)(C1CC1)N1CCC(Nc2ccc3cc(Br)c(F)cc3n2)CC1. The van der Waals surface area contributed by atoms with Crippen molar-refractivity contribution in [2.75, 3.05) is 18.4 Å². The molecule has 2 aliphatic rings. The van der Waals surface area contributed by atoms with E-state index in [0.717, 1.165) is 31.1 Å². The third-order valence-electron chi connectivity index (χ3n) is 4.84. The van der Waals surface area contributed by atoms with E-state index in [4.69, 9.17) is 0 Å². The number of piperidine rings is 1. The Labute approximate surface area is 154 Å². The average Bonchev–Trinajstić information content (AvgIpc) is 3.42. The standard InChI is InChI=1S/C17H19BrFN3O2S/c18-14-9-11-1-4-17(21-16(11)10-15(14)19)20-12-5-7-22(8-6-12)25(23,24)13-2-3-13/h1,4,9-10,12-13H,2-3,5-8H2,(H,20,21). The van der Waals surface area contributed by atoms with Crippen molar-refractivity contribution in [1.82, 2.24) is 9.29 Å². The number of benzene rings is 1. The maximum absolute atomic E-state index is 13.7. The summed E-state index contributed by atoms with van der Waals surface area (Å²) in [6.07, 6.45) is 3.10. The van der Waals surface area contributed by atoms with Crippen molar-refractivity contribution in [2.45, 2.75) is 37.0 Å². The molecular weight excluding hydrogens is 409 g/mol. The normalized spacial score (nSPS) is 20.1. The summed E-state index contributed by atoms with van der Waals surface area (Å²) in [5, 5.41) is 4.08. The Hall–Kier alpha value is -1.25. The van der Waals surface area contributed by atoms with Gasteiger partial charge in [0.2, 0.25) is 10.0 Å². The van der Waals surface area contributed by atoms with Crippen LogP contribution in [0.3, 0.4) is 0 Å². The first kappa shape index (κ1) is 17.2. The van der Waals surface area contributed by atoms with Crippen molar-refractivity contribution in [2.24, 2.45) is 0 Å². The number of aromatic nitrogens is 1. The molecule has 0 atom stereocenters. The number of anilines is 1. The fourth-order valence-corrected chi connectivity index (χ4v) is 5.47. The van der Waals surface area contributed by atoms with Gasteiger partial charge >= 0.3 is 0 Å². The topological polar surface area (TPSA) is 62.3 Å². The van der Waals surface area contributed by atoms with Crippen LogP contribution in [-0.2, 0) is 10.0 Å². The lowest BCUT2D eigenvalue weighted by atomic mass is 10.1. The largest absolute Gasteiger partial charge is 0.367 e. The number of nitrogens with one attached hydrogen (secondary N) is 1. The van der Waals surface area contributed by atoms with Crippen LogP contribution in [0.1, 0.15) is 25.7 Å². The average molecular weight is 428 g/mol. The van der Waals surface area contributed by atoms with Crippen molar-refractivity contribution in [3.63, 3.8) is 0 Å². The number of halogens is 2. The van der Waals surface area contributed by atoms with Gasteiger partial charge in [-0.15, -0.1) is 0 Å². The minimum Gasteiger partial charge on any atom is -0.367 e. The van der Waals surface area contributed by atoms with Crippen LogP contribution >= 0.6 is 15.9 Å². The number of fused-ring (bicyclic) bond motifs is 1. The highest BCUT2D eigenvalue weighted by Gasteiger charge is 2.41. The zero-order valence-corrected chi connectivity index (χ0v) is 16.0. The third kappa shape index (κ3) is 3.52. The van der Waals surface area contributed by atoms with Gasteiger partial charge in [-0.3, -0.25) is 0 Å². The number of sulfonamides is 1. The molecule has 0 spiro atoms. The molecule has 1 aromatic carbocycles. The molecule has 0 radical (unpaired) electrons. The van der Waals surface area contributed by atoms with E-state index in [1.807, 2.05) is 12.1 Å². The second kappa shape index (κ2) is 6.48. The van der Waals surface area contributed by atoms with Gasteiger partial charge in [-0.2, -0.15) is 0 Å². The van der Waals surface area contributed by atoms with Gasteiger partial charge in [0.15, 0.2) is 0 Å². The lowest BCUT2D eigenvalue weighted by molar-refractivity contribution is 0.329. The zero-order chi connectivity index (χ0) is 17.6. The lowest BCUT2D eigenvalue weighted by Gasteiger charge is -2.32. The van der Waals surface area contributed by atoms with E-state index in [0.29, 0.717) is 28.9 Å². The molecule has 1 aromatic heterocycles. The molecule has 0 amide bonds. The van der Waals surface area contributed by atoms with E-state index < -0.39 is 10.0 Å². The minimum absolute atomic E-state index is 0.145. The molecule has 134 valence electrons. The molecule has 25 heavy (non-hydrogen) atoms. The lowest BCUT2D eigenvalue weighted by Crippen LogP contribution is -2.43. The van der Waals surface area contributed by atoms with Gasteiger partial charge in [-0.1, -0.05) is 0 Å². The zero-order valence-electron chi connectivity index (χ0n) is 13.6. The smallest absolute Gasteiger partial charge is 0.216 e. The highest BCUT2D eigenvalue weighted by atomic mass is 79.9. The van der Waals surface area contributed by atoms with Crippen molar-refractivity contribution in [3.05, 3.63) is 34.6 Å². The maximum atomic E-state index is 13.7. The van der Waals surface area contributed by atoms with Crippen LogP contribution in [0.4, 0.5) is 10.2 Å². The van der Waals surface area contributed by atoms with Crippen molar-refractivity contribution in [1.29, 1.82) is 0 Å². The number of hydrogen-bond acceptors (Lipinski definition) is 4. The first-order chi connectivity index (χ1) is 11.9. The molecule has 2 fully saturated rings. The van der Waals surface area contributed by atoms with E-state index in [-0.39, 0.29) is 17.1 Å². The summed E-state index contributed by atoms with van der Waals surface area (Å²) >= 11 is 3.18. The van der Waals surface area contributed by atoms with E-state index in [2.05, 4.69) is 26.2 Å². The van der Waals surface area contributed by atoms with E-state index in [1.165, 1.54) is 6.07 Å². The molecule has 5 nitrogen and oxygen atoms in total. The molecule has 1 aliphatic heterocycles. The Bertz CT molecular complexity index is 909. The molecule has 0 unspecified atom stereocenters. The fraction of sp³-hybridized carbons (Fsp3) is 0.471. The summed E-state index contributed by atoms with van der Waals surface area (Å²) in [4.78, 5) is 4.47. The van der Waals surface area contributed by atoms with Crippen LogP contribution in [-0.4, -0.2) is 42.1 Å². The summed E-state index contributed by atoms with van der Waals surface area (Å²) in [5.41, 5.74) is 0.597. The van der Waals surface area contributed by atoms with Gasteiger partial charge in [-0.05, 0) is 59.8 Å². The second-order valence-electron chi connectivity index (χ2n) is 6.72. The molecule has 0 bridgehead atoms. The van der Waals surface area contributed by atoms with Crippen LogP contribution < -0.4 is 5.32 Å². The summed E-state index contributed by atoms with van der Waals surface area (Å²) < 4.78 is 40.3. The molecule has 1 aliphatic carbocycles. The van der Waals surface area contributed by atoms with Gasteiger partial charge in [0, 0.05) is 30.6 Å². The molecular formula is C17H19BrFN3O2S. The van der Waals surface area contributed by atoms with Crippen molar-refractivity contribution >= 4 is 42.7 Å². The molecule has 2 heterocycles. The summed E-state index contributed by atoms with van der Waals surface area (Å²) in [6, 6.07) is 7.08. The molecule has 2 aromatic rings. The third-order valence-corrected chi connectivity index (χ3v) is 7.85. The van der Waals surface area contributed by atoms with E-state index in [9.17, 15) is 12.8 Å². The number of pyridine rings is 1. The van der Waals surface area contributed by atoms with Crippen molar-refractivity contribution in [3.8, 4) is 0 Å². The minimum atomic E-state index is -3.08. The van der Waals surface area contributed by atoms with E-state index in [1.54, 1.807) is 10.4 Å². The van der Waals surface area contributed by atoms with Gasteiger partial charge in [0.1, 0.15) is 11.6 Å². The van der Waals surface area contributed by atoms with Gasteiger partial charge in [0.25, 0.3) is 0 Å². The summed E-state index contributed by atoms with van der Waals surface area (Å²) in [7, 11) is -3.08. The Balaban J connectivity index is 1.43. The highest BCUT2D eigenvalue weighted by molar-refractivity contribution is 9.10. The van der Waals surface area contributed by atoms with Crippen LogP contribution in [0.5, 0.6) is 0 Å². The Morgan fingerprint density at radius 2 is 1.88 bits per heavy atom. The Morgan fingerprint density at radius 3 is 2.56 bits per heavy atom. The molecule has 1 saturated heterocycles. The monoisotopic (exact) mass is 427 g/mol. The first-order valence-electron chi connectivity index (χ1n) is 8.45. The Morgan fingerprint density at radius 1 is 1.16 bits per heavy atom. The van der Waals surface area contributed by atoms with Crippen LogP contribution in [0.25, 0.3) is 10.9 Å². The number of nitrogens with zero attached hydrogens (tertiary/aromatic N) is 2. The van der Waals surface area contributed by atoms with Crippen LogP contribution in [0.15, 0.2) is 28.7 Å². The molecule has 4 rings (SSSR count). The van der Waals surface area contributed by atoms with Crippen LogP contribution in [0, 0.1) is 5.82 Å². The van der Waals surface area contributed by atoms with Crippen LogP contribution in [0.2, 0.25) is 0 Å². The maximum Gasteiger partial charge on any atom is 0.216 e. The summed E-state index contributed by atoms with van der Waals surface area (Å²) in [6.45, 7) is 1.09. The Kier molecular flexibility index (Phi) is 4.45. The quantitative estimate of drug-likeness (QED) is 0.810. The van der Waals surface area contributed by atoms with Crippen molar-refractivity contribution < 1.29 is 12.8 Å². The van der Waals surface area contributed by atoms with Gasteiger partial charge < -0.3 is 5.32 Å². The molecule has 1 N–H and O–H groups in total. The number of hydrogen-bond donors (Lipinski definition) is 1. The predicted octanol–water partition coefficient (Wildman–Crippen LogP) is 3.50. The molecule has 8 heteroatoms. The predicted molar refractivity (Wildman–Crippen MR) is 99.6 cm³/mol. The highest BCUT2D eigenvalue weighted by Crippen LogP contribution is 2.32. The van der Waals surface area contributed by atoms with Gasteiger partial charge in [0.05, 0.1) is 15.2 Å². The van der Waals surface area contributed by atoms with Gasteiger partial charge in [-0.25, -0.2) is 22.1 Å². The molecule has 1 saturated carbocycles. The summed E-state index contributed by atoms with van der Waals surface area (Å²) in [5.74, 6) is 0.355. The second-order valence-corrected chi connectivity index (χ2v) is 9.78. The number of rotatable bonds is 4. The first-order valence-corrected chi connectivity index (χ1v) is 10.7. The fourth-order valence-electron chi connectivity index (χ4n) is 3.24. The van der Waals surface area contributed by atoms with E-state index >= 15 is 0 Å².